The van der Waals surface area contributed by atoms with Gasteiger partial charge >= 0.3 is 5.97 Å². The Labute approximate surface area is 112 Å². The largest absolute Gasteiger partial charge is 0.480 e. The van der Waals surface area contributed by atoms with Crippen molar-refractivity contribution in [2.24, 2.45) is 0 Å². The van der Waals surface area contributed by atoms with E-state index >= 15 is 0 Å². The summed E-state index contributed by atoms with van der Waals surface area (Å²) in [6, 6.07) is 2.02. The number of thioether (sulfide) groups is 1. The molecule has 0 saturated carbocycles. The van der Waals surface area contributed by atoms with Crippen molar-refractivity contribution in [1.29, 1.82) is 0 Å². The molecule has 0 unspecified atom stereocenters. The highest BCUT2D eigenvalue weighted by molar-refractivity contribution is 7.99. The van der Waals surface area contributed by atoms with Gasteiger partial charge in [0.05, 0.1) is 12.4 Å². The van der Waals surface area contributed by atoms with Crippen LogP contribution in [-0.2, 0) is 11.3 Å². The fraction of sp³-hybridized carbons (Fsp3) is 0.455. The van der Waals surface area contributed by atoms with E-state index in [0.717, 1.165) is 4.57 Å². The van der Waals surface area contributed by atoms with Crippen LogP contribution in [0.1, 0.15) is 10.5 Å². The summed E-state index contributed by atoms with van der Waals surface area (Å²) in [6.07, 6.45) is -1.18. The number of hydrogen-bond donors (Lipinski definition) is 1. The molecular formula is C11H12F2N2O3S. The van der Waals surface area contributed by atoms with Crippen LogP contribution in [0.3, 0.4) is 0 Å². The van der Waals surface area contributed by atoms with Gasteiger partial charge in [-0.15, -0.1) is 11.8 Å². The van der Waals surface area contributed by atoms with Crippen LogP contribution in [0.2, 0.25) is 0 Å². The number of rotatable bonds is 4. The van der Waals surface area contributed by atoms with Crippen molar-refractivity contribution < 1.29 is 23.5 Å². The Kier molecular flexibility index (Phi) is 4.08. The smallest absolute Gasteiger partial charge is 0.327 e. The molecular weight excluding hydrogens is 278 g/mol. The van der Waals surface area contributed by atoms with Crippen molar-refractivity contribution in [3.63, 3.8) is 0 Å². The van der Waals surface area contributed by atoms with Gasteiger partial charge in [0.2, 0.25) is 0 Å². The normalized spacial score (nSPS) is 19.1. The highest BCUT2D eigenvalue weighted by Gasteiger charge is 2.35. The Morgan fingerprint density at radius 2 is 2.26 bits per heavy atom. The zero-order chi connectivity index (χ0) is 14.0. The van der Waals surface area contributed by atoms with Crippen LogP contribution < -0.4 is 0 Å². The van der Waals surface area contributed by atoms with Crippen LogP contribution in [0.25, 0.3) is 0 Å². The minimum Gasteiger partial charge on any atom is -0.480 e. The number of aliphatic carboxylic acids is 1. The average molecular weight is 290 g/mol. The lowest BCUT2D eigenvalue weighted by Crippen LogP contribution is -2.42. The molecule has 19 heavy (non-hydrogen) atoms. The van der Waals surface area contributed by atoms with E-state index in [0.29, 0.717) is 5.75 Å². The molecule has 0 aromatic carbocycles. The first kappa shape index (κ1) is 13.9. The molecule has 1 fully saturated rings. The predicted octanol–water partition coefficient (Wildman–Crippen LogP) is 1.35. The number of carbonyl (C=O) groups is 2. The summed E-state index contributed by atoms with van der Waals surface area (Å²) in [4.78, 5) is 24.4. The predicted molar refractivity (Wildman–Crippen MR) is 65.4 cm³/mol. The molecule has 1 aromatic rings. The first-order valence-corrected chi connectivity index (χ1v) is 6.71. The fourth-order valence-corrected chi connectivity index (χ4v) is 3.06. The minimum absolute atomic E-state index is 0.0917. The van der Waals surface area contributed by atoms with Crippen LogP contribution in [-0.4, -0.2) is 50.5 Å². The van der Waals surface area contributed by atoms with Gasteiger partial charge in [-0.05, 0) is 12.1 Å². The van der Waals surface area contributed by atoms with Crippen LogP contribution in [0.5, 0.6) is 0 Å². The molecule has 1 saturated heterocycles. The van der Waals surface area contributed by atoms with Gasteiger partial charge < -0.3 is 14.6 Å². The Bertz CT molecular complexity index is 492. The second-order valence-electron chi connectivity index (χ2n) is 4.07. The maximum Gasteiger partial charge on any atom is 0.327 e. The van der Waals surface area contributed by atoms with E-state index in [9.17, 15) is 18.4 Å². The van der Waals surface area contributed by atoms with Crippen molar-refractivity contribution >= 4 is 23.6 Å². The number of halogens is 2. The molecule has 1 aromatic heterocycles. The van der Waals surface area contributed by atoms with Crippen LogP contribution in [0.15, 0.2) is 18.3 Å². The Hall–Kier alpha value is -1.57. The van der Waals surface area contributed by atoms with Gasteiger partial charge in [0.15, 0.2) is 0 Å². The van der Waals surface area contributed by atoms with Gasteiger partial charge in [-0.2, -0.15) is 0 Å². The first-order valence-electron chi connectivity index (χ1n) is 5.55. The third kappa shape index (κ3) is 2.89. The maximum absolute atomic E-state index is 12.4. The number of carboxylic acid groups (broad SMARTS) is 1. The van der Waals surface area contributed by atoms with Gasteiger partial charge in [-0.3, -0.25) is 4.79 Å². The van der Waals surface area contributed by atoms with Crippen molar-refractivity contribution in [1.82, 2.24) is 9.47 Å². The van der Waals surface area contributed by atoms with Crippen LogP contribution >= 0.6 is 11.8 Å². The zero-order valence-electron chi connectivity index (χ0n) is 9.83. The second-order valence-corrected chi connectivity index (χ2v) is 5.07. The van der Waals surface area contributed by atoms with Gasteiger partial charge in [-0.25, -0.2) is 13.6 Å². The number of nitrogens with zero attached hydrogens (tertiary/aromatic N) is 2. The summed E-state index contributed by atoms with van der Waals surface area (Å²) in [7, 11) is 0. The molecule has 2 rings (SSSR count). The monoisotopic (exact) mass is 290 g/mol. The molecule has 1 atom stereocenters. The van der Waals surface area contributed by atoms with Crippen molar-refractivity contribution in [3.8, 4) is 0 Å². The fourth-order valence-electron chi connectivity index (χ4n) is 1.91. The number of amides is 1. The second kappa shape index (κ2) is 5.60. The van der Waals surface area contributed by atoms with Crippen molar-refractivity contribution in [3.05, 3.63) is 24.0 Å². The zero-order valence-corrected chi connectivity index (χ0v) is 10.6. The van der Waals surface area contributed by atoms with E-state index in [1.807, 2.05) is 0 Å². The van der Waals surface area contributed by atoms with Gasteiger partial charge in [0.1, 0.15) is 11.7 Å². The standard InChI is InChI=1S/C11H12F2N2O3S/c12-9(13)4-14-3-1-2-7(14)10(16)15-6-19-5-8(15)11(17)18/h1-3,8-9H,4-6H2,(H,17,18)/t8-/m0/s1. The quantitative estimate of drug-likeness (QED) is 0.909. The van der Waals surface area contributed by atoms with E-state index in [1.54, 1.807) is 0 Å². The summed E-state index contributed by atoms with van der Waals surface area (Å²) in [6.45, 7) is -0.577. The van der Waals surface area contributed by atoms with E-state index in [2.05, 4.69) is 0 Å². The van der Waals surface area contributed by atoms with Gasteiger partial charge in [-0.1, -0.05) is 0 Å². The lowest BCUT2D eigenvalue weighted by Gasteiger charge is -2.21. The summed E-state index contributed by atoms with van der Waals surface area (Å²) in [5.74, 6) is -1.03. The minimum atomic E-state index is -2.57. The molecule has 8 heteroatoms. The van der Waals surface area contributed by atoms with Crippen molar-refractivity contribution in [2.45, 2.75) is 19.0 Å². The van der Waals surface area contributed by atoms with E-state index in [-0.39, 0.29) is 11.6 Å². The number of hydrogen-bond acceptors (Lipinski definition) is 3. The third-order valence-electron chi connectivity index (χ3n) is 2.81. The number of carbonyl (C=O) groups excluding carboxylic acids is 1. The number of aromatic nitrogens is 1. The Morgan fingerprint density at radius 1 is 1.53 bits per heavy atom. The molecule has 104 valence electrons. The van der Waals surface area contributed by atoms with E-state index < -0.39 is 30.9 Å². The molecule has 1 amide bonds. The van der Waals surface area contributed by atoms with Crippen LogP contribution in [0, 0.1) is 0 Å². The molecule has 2 heterocycles. The molecule has 0 radical (unpaired) electrons. The number of carboxylic acids is 1. The molecule has 0 bridgehead atoms. The average Bonchev–Trinajstić information content (AvgIpc) is 2.94. The van der Waals surface area contributed by atoms with Crippen LogP contribution in [0.4, 0.5) is 8.78 Å². The third-order valence-corrected chi connectivity index (χ3v) is 3.82. The molecule has 1 N–H and O–H groups in total. The number of alkyl halides is 2. The highest BCUT2D eigenvalue weighted by atomic mass is 32.2. The van der Waals surface area contributed by atoms with Crippen molar-refractivity contribution in [2.75, 3.05) is 11.6 Å². The molecule has 0 aliphatic carbocycles. The Balaban J connectivity index is 2.20. The lowest BCUT2D eigenvalue weighted by molar-refractivity contribution is -0.140. The molecule has 1 aliphatic heterocycles. The van der Waals surface area contributed by atoms with E-state index in [4.69, 9.17) is 5.11 Å². The lowest BCUT2D eigenvalue weighted by atomic mass is 10.2. The maximum atomic E-state index is 12.4. The highest BCUT2D eigenvalue weighted by Crippen LogP contribution is 2.23. The summed E-state index contributed by atoms with van der Waals surface area (Å²) < 4.78 is 25.9. The summed E-state index contributed by atoms with van der Waals surface area (Å²) >= 11 is 1.33. The van der Waals surface area contributed by atoms with E-state index in [1.165, 1.54) is 35.0 Å². The summed E-state index contributed by atoms with van der Waals surface area (Å²) in [5.41, 5.74) is 0.0917. The summed E-state index contributed by atoms with van der Waals surface area (Å²) in [5, 5.41) is 9.01. The molecule has 1 aliphatic rings. The first-order chi connectivity index (χ1) is 9.00. The topological polar surface area (TPSA) is 62.5 Å². The van der Waals surface area contributed by atoms with Gasteiger partial charge in [0.25, 0.3) is 12.3 Å². The Morgan fingerprint density at radius 3 is 2.89 bits per heavy atom. The molecule has 0 spiro atoms. The SMILES string of the molecule is O=C(O)[C@@H]1CSCN1C(=O)c1cccn1CC(F)F. The van der Waals surface area contributed by atoms with Gasteiger partial charge in [0, 0.05) is 11.9 Å². The molecule has 5 nitrogen and oxygen atoms in total.